The fraction of sp³-hybridized carbons (Fsp3) is 0.227. The molecule has 1 fully saturated rings. The molecule has 28 heavy (non-hydrogen) atoms. The van der Waals surface area contributed by atoms with Gasteiger partial charge in [-0.2, -0.15) is 0 Å². The number of carbonyl (C=O) groups is 1. The second-order valence-electron chi connectivity index (χ2n) is 6.92. The number of carbonyl (C=O) groups excluding carboxylic acids is 1. The lowest BCUT2D eigenvalue weighted by Gasteiger charge is -2.39. The Labute approximate surface area is 162 Å². The van der Waals surface area contributed by atoms with Crippen molar-refractivity contribution in [2.24, 2.45) is 0 Å². The van der Waals surface area contributed by atoms with E-state index in [1.54, 1.807) is 36.5 Å². The molecule has 0 unspecified atom stereocenters. The third-order valence-electron chi connectivity index (χ3n) is 5.17. The lowest BCUT2D eigenvalue weighted by Crippen LogP contribution is -2.50. The second-order valence-corrected chi connectivity index (χ2v) is 6.92. The predicted octanol–water partition coefficient (Wildman–Crippen LogP) is 3.84. The Morgan fingerprint density at radius 1 is 0.821 bits per heavy atom. The number of hydrogen-bond acceptors (Lipinski definition) is 2. The molecule has 1 N–H and O–H groups in total. The van der Waals surface area contributed by atoms with E-state index in [1.165, 1.54) is 24.3 Å². The number of piperazine rings is 1. The van der Waals surface area contributed by atoms with Gasteiger partial charge in [-0.15, -0.1) is 0 Å². The molecule has 0 spiro atoms. The summed E-state index contributed by atoms with van der Waals surface area (Å²) in [6.07, 6.45) is 1.74. The Bertz CT molecular complexity index is 870. The number of aromatic nitrogens is 1. The molecule has 144 valence electrons. The third-order valence-corrected chi connectivity index (χ3v) is 5.17. The molecular formula is C22H21F2N3O. The molecule has 1 saturated heterocycles. The zero-order valence-electron chi connectivity index (χ0n) is 15.3. The van der Waals surface area contributed by atoms with Gasteiger partial charge in [0.15, 0.2) is 0 Å². The van der Waals surface area contributed by atoms with Crippen LogP contribution in [0.5, 0.6) is 0 Å². The number of halogens is 2. The summed E-state index contributed by atoms with van der Waals surface area (Å²) < 4.78 is 26.8. The van der Waals surface area contributed by atoms with Gasteiger partial charge >= 0.3 is 0 Å². The van der Waals surface area contributed by atoms with Crippen molar-refractivity contribution in [3.8, 4) is 0 Å². The number of nitrogens with zero attached hydrogens (tertiary/aromatic N) is 2. The highest BCUT2D eigenvalue weighted by Gasteiger charge is 2.28. The fourth-order valence-electron chi connectivity index (χ4n) is 3.72. The number of aromatic amines is 1. The van der Waals surface area contributed by atoms with E-state index in [2.05, 4.69) is 9.88 Å². The van der Waals surface area contributed by atoms with E-state index >= 15 is 0 Å². The molecule has 0 saturated carbocycles. The molecule has 0 bridgehead atoms. The van der Waals surface area contributed by atoms with Gasteiger partial charge in [-0.25, -0.2) is 8.78 Å². The van der Waals surface area contributed by atoms with Crippen LogP contribution in [0.15, 0.2) is 66.9 Å². The standard InChI is InChI=1S/C22H21F2N3O/c23-18-7-3-16(4-8-18)21(17-5-9-19(24)10-6-17)26-12-14-27(15-13-26)22(28)20-2-1-11-25-20/h1-11,21,25H,12-15H2. The minimum Gasteiger partial charge on any atom is -0.357 e. The molecule has 2 aromatic carbocycles. The molecule has 0 atom stereocenters. The van der Waals surface area contributed by atoms with Gasteiger partial charge in [0.05, 0.1) is 6.04 Å². The largest absolute Gasteiger partial charge is 0.357 e. The van der Waals surface area contributed by atoms with E-state index in [1.807, 2.05) is 11.0 Å². The normalized spacial score (nSPS) is 15.2. The predicted molar refractivity (Wildman–Crippen MR) is 103 cm³/mol. The number of benzene rings is 2. The van der Waals surface area contributed by atoms with E-state index in [0.717, 1.165) is 11.1 Å². The van der Waals surface area contributed by atoms with Crippen LogP contribution in [0.1, 0.15) is 27.7 Å². The summed E-state index contributed by atoms with van der Waals surface area (Å²) in [7, 11) is 0. The Morgan fingerprint density at radius 2 is 1.36 bits per heavy atom. The lowest BCUT2D eigenvalue weighted by molar-refractivity contribution is 0.0592. The number of rotatable bonds is 4. The van der Waals surface area contributed by atoms with Gasteiger partial charge in [-0.05, 0) is 47.5 Å². The van der Waals surface area contributed by atoms with Crippen LogP contribution in [-0.4, -0.2) is 46.9 Å². The Kier molecular flexibility index (Phi) is 5.21. The Balaban J connectivity index is 1.55. The Morgan fingerprint density at radius 3 is 1.82 bits per heavy atom. The summed E-state index contributed by atoms with van der Waals surface area (Å²) in [5, 5.41) is 0. The van der Waals surface area contributed by atoms with E-state index in [4.69, 9.17) is 0 Å². The molecule has 1 amide bonds. The maximum atomic E-state index is 13.4. The van der Waals surface area contributed by atoms with E-state index < -0.39 is 0 Å². The van der Waals surface area contributed by atoms with E-state index in [-0.39, 0.29) is 23.6 Å². The summed E-state index contributed by atoms with van der Waals surface area (Å²) in [6, 6.07) is 16.3. The van der Waals surface area contributed by atoms with Gasteiger partial charge in [0, 0.05) is 32.4 Å². The van der Waals surface area contributed by atoms with Crippen LogP contribution in [0.3, 0.4) is 0 Å². The minimum absolute atomic E-state index is 0.00948. The monoisotopic (exact) mass is 381 g/mol. The van der Waals surface area contributed by atoms with Crippen molar-refractivity contribution in [2.75, 3.05) is 26.2 Å². The molecule has 0 aliphatic carbocycles. The number of amides is 1. The topological polar surface area (TPSA) is 39.3 Å². The third kappa shape index (κ3) is 3.82. The van der Waals surface area contributed by atoms with E-state index in [9.17, 15) is 13.6 Å². The zero-order valence-corrected chi connectivity index (χ0v) is 15.3. The van der Waals surface area contributed by atoms with Crippen LogP contribution in [0.25, 0.3) is 0 Å². The van der Waals surface area contributed by atoms with Crippen LogP contribution < -0.4 is 0 Å². The van der Waals surface area contributed by atoms with Crippen LogP contribution >= 0.6 is 0 Å². The number of nitrogens with one attached hydrogen (secondary N) is 1. The molecule has 4 rings (SSSR count). The highest BCUT2D eigenvalue weighted by atomic mass is 19.1. The van der Waals surface area contributed by atoms with Crippen molar-refractivity contribution < 1.29 is 13.6 Å². The van der Waals surface area contributed by atoms with Crippen molar-refractivity contribution in [3.63, 3.8) is 0 Å². The fourth-order valence-corrected chi connectivity index (χ4v) is 3.72. The minimum atomic E-state index is -0.289. The smallest absolute Gasteiger partial charge is 0.270 e. The molecule has 1 aliphatic heterocycles. The van der Waals surface area contributed by atoms with Crippen molar-refractivity contribution in [3.05, 3.63) is 95.3 Å². The first kappa shape index (κ1) is 18.4. The van der Waals surface area contributed by atoms with Gasteiger partial charge in [0.1, 0.15) is 17.3 Å². The molecule has 2 heterocycles. The van der Waals surface area contributed by atoms with Gasteiger partial charge in [-0.3, -0.25) is 9.69 Å². The van der Waals surface area contributed by atoms with Crippen molar-refractivity contribution in [2.45, 2.75) is 6.04 Å². The second kappa shape index (κ2) is 7.94. The van der Waals surface area contributed by atoms with Crippen LogP contribution in [0.2, 0.25) is 0 Å². The number of H-pyrrole nitrogens is 1. The maximum absolute atomic E-state index is 13.4. The Hall–Kier alpha value is -2.99. The van der Waals surface area contributed by atoms with Crippen molar-refractivity contribution in [1.82, 2.24) is 14.8 Å². The first-order valence-electron chi connectivity index (χ1n) is 9.29. The first-order valence-corrected chi connectivity index (χ1v) is 9.29. The molecule has 4 nitrogen and oxygen atoms in total. The summed E-state index contributed by atoms with van der Waals surface area (Å²) in [5.74, 6) is -0.587. The molecule has 0 radical (unpaired) electrons. The van der Waals surface area contributed by atoms with Crippen molar-refractivity contribution in [1.29, 1.82) is 0 Å². The molecule has 1 aliphatic rings. The summed E-state index contributed by atoms with van der Waals surface area (Å²) in [5.41, 5.74) is 2.47. The summed E-state index contributed by atoms with van der Waals surface area (Å²) in [6.45, 7) is 2.53. The molecule has 3 aromatic rings. The first-order chi connectivity index (χ1) is 13.6. The van der Waals surface area contributed by atoms with Crippen LogP contribution in [-0.2, 0) is 0 Å². The van der Waals surface area contributed by atoms with Crippen molar-refractivity contribution >= 4 is 5.91 Å². The molecular weight excluding hydrogens is 360 g/mol. The van der Waals surface area contributed by atoms with Crippen LogP contribution in [0.4, 0.5) is 8.78 Å². The highest BCUT2D eigenvalue weighted by molar-refractivity contribution is 5.92. The van der Waals surface area contributed by atoms with Gasteiger partial charge in [0.25, 0.3) is 5.91 Å². The SMILES string of the molecule is O=C(c1ccc[nH]1)N1CCN(C(c2ccc(F)cc2)c2ccc(F)cc2)CC1. The zero-order chi connectivity index (χ0) is 19.5. The van der Waals surface area contributed by atoms with E-state index in [0.29, 0.717) is 31.9 Å². The van der Waals surface area contributed by atoms with Gasteiger partial charge < -0.3 is 9.88 Å². The molecule has 6 heteroatoms. The van der Waals surface area contributed by atoms with Crippen LogP contribution in [0, 0.1) is 11.6 Å². The maximum Gasteiger partial charge on any atom is 0.270 e. The average Bonchev–Trinajstić information content (AvgIpc) is 3.26. The van der Waals surface area contributed by atoms with Gasteiger partial charge in [0.2, 0.25) is 0 Å². The molecule has 1 aromatic heterocycles. The summed E-state index contributed by atoms with van der Waals surface area (Å²) in [4.78, 5) is 19.6. The highest BCUT2D eigenvalue weighted by Crippen LogP contribution is 2.30. The lowest BCUT2D eigenvalue weighted by atomic mass is 9.96. The number of hydrogen-bond donors (Lipinski definition) is 1. The average molecular weight is 381 g/mol. The summed E-state index contributed by atoms with van der Waals surface area (Å²) >= 11 is 0. The quantitative estimate of drug-likeness (QED) is 0.746. The van der Waals surface area contributed by atoms with Gasteiger partial charge in [-0.1, -0.05) is 24.3 Å².